The second-order valence-electron chi connectivity index (χ2n) is 7.18. The minimum atomic E-state index is -0.572. The molecule has 2 aromatic carbocycles. The lowest BCUT2D eigenvalue weighted by Gasteiger charge is -2.22. The maximum absolute atomic E-state index is 12.6. The molecule has 0 spiro atoms. The van der Waals surface area contributed by atoms with Crippen LogP contribution in [0.4, 0.5) is 0 Å². The van der Waals surface area contributed by atoms with Crippen molar-refractivity contribution in [3.05, 3.63) is 59.7 Å². The van der Waals surface area contributed by atoms with Crippen LogP contribution in [-0.4, -0.2) is 24.6 Å². The first-order valence-electron chi connectivity index (χ1n) is 9.52. The molecule has 28 heavy (non-hydrogen) atoms. The predicted molar refractivity (Wildman–Crippen MR) is 106 cm³/mol. The lowest BCUT2D eigenvalue weighted by atomic mass is 10.0. The van der Waals surface area contributed by atoms with Gasteiger partial charge in [0.25, 0.3) is 0 Å². The molecular formula is C22H26N2O4. The summed E-state index contributed by atoms with van der Waals surface area (Å²) >= 11 is 0. The van der Waals surface area contributed by atoms with Crippen LogP contribution in [0.15, 0.2) is 48.5 Å². The summed E-state index contributed by atoms with van der Waals surface area (Å²) in [5, 5.41) is 5.77. The highest BCUT2D eigenvalue weighted by atomic mass is 16.7. The van der Waals surface area contributed by atoms with Crippen LogP contribution >= 0.6 is 0 Å². The fraction of sp³-hybridized carbons (Fsp3) is 0.364. The molecule has 3 rings (SSSR count). The summed E-state index contributed by atoms with van der Waals surface area (Å²) in [4.78, 5) is 24.9. The molecular weight excluding hydrogens is 356 g/mol. The number of rotatable bonds is 8. The van der Waals surface area contributed by atoms with E-state index in [4.69, 9.17) is 9.47 Å². The molecule has 0 saturated carbocycles. The lowest BCUT2D eigenvalue weighted by molar-refractivity contribution is -0.130. The second-order valence-corrected chi connectivity index (χ2v) is 7.18. The number of aryl methyl sites for hydroxylation is 1. The van der Waals surface area contributed by atoms with Crippen molar-refractivity contribution in [2.45, 2.75) is 39.3 Å². The third kappa shape index (κ3) is 5.25. The number of hydrogen-bond acceptors (Lipinski definition) is 4. The molecule has 2 N–H and O–H groups in total. The van der Waals surface area contributed by atoms with Gasteiger partial charge < -0.3 is 20.1 Å². The molecule has 6 heteroatoms. The van der Waals surface area contributed by atoms with Crippen molar-refractivity contribution < 1.29 is 19.1 Å². The molecule has 148 valence electrons. The van der Waals surface area contributed by atoms with E-state index in [1.165, 1.54) is 0 Å². The van der Waals surface area contributed by atoms with Gasteiger partial charge in [0.05, 0.1) is 0 Å². The smallest absolute Gasteiger partial charge is 0.243 e. The van der Waals surface area contributed by atoms with Crippen LogP contribution in [0, 0.1) is 5.92 Å². The van der Waals surface area contributed by atoms with E-state index in [-0.39, 0.29) is 24.5 Å². The highest BCUT2D eigenvalue weighted by molar-refractivity contribution is 5.87. The first kappa shape index (κ1) is 19.7. The number of fused-ring (bicyclic) bond motifs is 1. The summed E-state index contributed by atoms with van der Waals surface area (Å²) in [7, 11) is 0. The van der Waals surface area contributed by atoms with E-state index in [9.17, 15) is 9.59 Å². The van der Waals surface area contributed by atoms with Crippen LogP contribution < -0.4 is 20.1 Å². The maximum Gasteiger partial charge on any atom is 0.243 e. The van der Waals surface area contributed by atoms with Gasteiger partial charge in [-0.05, 0) is 35.6 Å². The third-order valence-electron chi connectivity index (χ3n) is 4.65. The third-order valence-corrected chi connectivity index (χ3v) is 4.65. The zero-order valence-electron chi connectivity index (χ0n) is 16.2. The van der Waals surface area contributed by atoms with Gasteiger partial charge in [0, 0.05) is 13.0 Å². The Morgan fingerprint density at radius 2 is 1.75 bits per heavy atom. The Labute approximate surface area is 165 Å². The van der Waals surface area contributed by atoms with Gasteiger partial charge in [0.2, 0.25) is 18.6 Å². The van der Waals surface area contributed by atoms with E-state index in [0.717, 1.165) is 11.1 Å². The van der Waals surface area contributed by atoms with Crippen molar-refractivity contribution >= 4 is 11.8 Å². The summed E-state index contributed by atoms with van der Waals surface area (Å²) in [6.07, 6.45) is 0.999. The molecule has 2 aromatic rings. The molecule has 0 bridgehead atoms. The monoisotopic (exact) mass is 382 g/mol. The van der Waals surface area contributed by atoms with Gasteiger partial charge in [-0.15, -0.1) is 0 Å². The quantitative estimate of drug-likeness (QED) is 0.736. The van der Waals surface area contributed by atoms with Gasteiger partial charge in [0.15, 0.2) is 11.5 Å². The van der Waals surface area contributed by atoms with E-state index >= 15 is 0 Å². The molecule has 6 nitrogen and oxygen atoms in total. The summed E-state index contributed by atoms with van der Waals surface area (Å²) in [5.74, 6) is 1.06. The van der Waals surface area contributed by atoms with Crippen LogP contribution in [0.5, 0.6) is 11.5 Å². The first-order chi connectivity index (χ1) is 13.5. The van der Waals surface area contributed by atoms with E-state index in [1.807, 2.05) is 62.4 Å². The van der Waals surface area contributed by atoms with Gasteiger partial charge in [0.1, 0.15) is 6.04 Å². The average Bonchev–Trinajstić information content (AvgIpc) is 3.17. The van der Waals surface area contributed by atoms with Crippen molar-refractivity contribution in [1.82, 2.24) is 10.6 Å². The van der Waals surface area contributed by atoms with Crippen LogP contribution in [-0.2, 0) is 22.6 Å². The highest BCUT2D eigenvalue weighted by Gasteiger charge is 2.24. The second kappa shape index (κ2) is 9.26. The molecule has 0 saturated heterocycles. The van der Waals surface area contributed by atoms with Gasteiger partial charge in [-0.2, -0.15) is 0 Å². The molecule has 2 amide bonds. The molecule has 1 aliphatic heterocycles. The summed E-state index contributed by atoms with van der Waals surface area (Å²) in [6, 6.07) is 14.8. The maximum atomic E-state index is 12.6. The lowest BCUT2D eigenvalue weighted by Crippen LogP contribution is -2.49. The highest BCUT2D eigenvalue weighted by Crippen LogP contribution is 2.32. The Balaban J connectivity index is 1.51. The molecule has 0 fully saturated rings. The Morgan fingerprint density at radius 1 is 1.00 bits per heavy atom. The zero-order valence-corrected chi connectivity index (χ0v) is 16.2. The van der Waals surface area contributed by atoms with Crippen LogP contribution in [0.1, 0.15) is 31.4 Å². The number of benzene rings is 2. The predicted octanol–water partition coefficient (Wildman–Crippen LogP) is 2.81. The number of nitrogens with one attached hydrogen (secondary N) is 2. The van der Waals surface area contributed by atoms with E-state index in [0.29, 0.717) is 30.9 Å². The zero-order chi connectivity index (χ0) is 19.9. The number of carbonyl (C=O) groups excluding carboxylic acids is 2. The number of hydrogen-bond donors (Lipinski definition) is 2. The molecule has 0 unspecified atom stereocenters. The van der Waals surface area contributed by atoms with Gasteiger partial charge in [-0.1, -0.05) is 50.2 Å². The van der Waals surface area contributed by atoms with E-state index in [2.05, 4.69) is 10.6 Å². The minimum absolute atomic E-state index is 0.0163. The van der Waals surface area contributed by atoms with Crippen molar-refractivity contribution in [2.75, 3.05) is 6.79 Å². The number of ether oxygens (including phenoxy) is 2. The van der Waals surface area contributed by atoms with E-state index in [1.54, 1.807) is 0 Å². The Bertz CT molecular complexity index is 821. The molecule has 0 radical (unpaired) electrons. The topological polar surface area (TPSA) is 76.7 Å². The van der Waals surface area contributed by atoms with Crippen LogP contribution in [0.25, 0.3) is 0 Å². The standard InChI is InChI=1S/C22H26N2O4/c1-15(2)21(24-20(25)11-9-16-6-4-3-5-7-16)22(26)23-13-17-8-10-18-19(12-17)28-14-27-18/h3-8,10,12,15,21H,9,11,13-14H2,1-2H3,(H,23,26)(H,24,25)/t21-/m0/s1. The number of amides is 2. The Morgan fingerprint density at radius 3 is 2.50 bits per heavy atom. The summed E-state index contributed by atoms with van der Waals surface area (Å²) in [5.41, 5.74) is 2.02. The largest absolute Gasteiger partial charge is 0.454 e. The van der Waals surface area contributed by atoms with Gasteiger partial charge >= 0.3 is 0 Å². The normalized spacial score (nSPS) is 13.2. The van der Waals surface area contributed by atoms with Crippen molar-refractivity contribution in [2.24, 2.45) is 5.92 Å². The van der Waals surface area contributed by atoms with E-state index < -0.39 is 6.04 Å². The molecule has 1 heterocycles. The van der Waals surface area contributed by atoms with Gasteiger partial charge in [-0.25, -0.2) is 0 Å². The number of carbonyl (C=O) groups is 2. The fourth-order valence-electron chi connectivity index (χ4n) is 3.03. The minimum Gasteiger partial charge on any atom is -0.454 e. The summed E-state index contributed by atoms with van der Waals surface area (Å²) < 4.78 is 10.6. The van der Waals surface area contributed by atoms with Crippen molar-refractivity contribution in [3.8, 4) is 11.5 Å². The summed E-state index contributed by atoms with van der Waals surface area (Å²) in [6.45, 7) is 4.42. The Kier molecular flexibility index (Phi) is 6.53. The Hall–Kier alpha value is -3.02. The molecule has 0 aromatic heterocycles. The molecule has 1 atom stereocenters. The molecule has 0 aliphatic carbocycles. The average molecular weight is 382 g/mol. The molecule has 1 aliphatic rings. The first-order valence-corrected chi connectivity index (χ1v) is 9.52. The fourth-order valence-corrected chi connectivity index (χ4v) is 3.03. The van der Waals surface area contributed by atoms with Crippen molar-refractivity contribution in [1.29, 1.82) is 0 Å². The van der Waals surface area contributed by atoms with Crippen LogP contribution in [0.3, 0.4) is 0 Å². The van der Waals surface area contributed by atoms with Crippen molar-refractivity contribution in [3.63, 3.8) is 0 Å². The SMILES string of the molecule is CC(C)[C@H](NC(=O)CCc1ccccc1)C(=O)NCc1ccc2c(c1)OCO2. The van der Waals surface area contributed by atoms with Crippen LogP contribution in [0.2, 0.25) is 0 Å². The van der Waals surface area contributed by atoms with Gasteiger partial charge in [-0.3, -0.25) is 9.59 Å².